The third kappa shape index (κ3) is 2.68. The van der Waals surface area contributed by atoms with Gasteiger partial charge in [0, 0.05) is 42.5 Å². The topological polar surface area (TPSA) is 45.2 Å². The van der Waals surface area contributed by atoms with E-state index in [1.54, 1.807) is 6.20 Å². The monoisotopic (exact) mass is 381 g/mol. The second-order valence-corrected chi connectivity index (χ2v) is 8.52. The summed E-state index contributed by atoms with van der Waals surface area (Å²) >= 11 is 14.1. The highest BCUT2D eigenvalue weighted by molar-refractivity contribution is 7.19. The molecule has 1 spiro atoms. The van der Waals surface area contributed by atoms with Crippen molar-refractivity contribution < 1.29 is 4.79 Å². The molecule has 1 amide bonds. The lowest BCUT2D eigenvalue weighted by Gasteiger charge is -2.39. The molecule has 2 aliphatic heterocycles. The van der Waals surface area contributed by atoms with Gasteiger partial charge in [0.2, 0.25) is 5.91 Å². The highest BCUT2D eigenvalue weighted by atomic mass is 35.5. The van der Waals surface area contributed by atoms with E-state index in [0.717, 1.165) is 59.4 Å². The molecular weight excluding hydrogens is 365 g/mol. The molecule has 4 rings (SSSR count). The highest BCUT2D eigenvalue weighted by Crippen LogP contribution is 2.44. The van der Waals surface area contributed by atoms with Crippen molar-refractivity contribution in [1.82, 2.24) is 10.3 Å². The summed E-state index contributed by atoms with van der Waals surface area (Å²) < 4.78 is 0.746. The molecule has 1 N–H and O–H groups in total. The number of nitrogens with one attached hydrogen (secondary N) is 1. The smallest absolute Gasteiger partial charge is 0.226 e. The molecule has 24 heavy (non-hydrogen) atoms. The van der Waals surface area contributed by atoms with Crippen molar-refractivity contribution in [3.63, 3.8) is 0 Å². The first-order valence-corrected chi connectivity index (χ1v) is 9.59. The van der Waals surface area contributed by atoms with E-state index in [1.807, 2.05) is 18.3 Å². The van der Waals surface area contributed by atoms with Gasteiger partial charge in [-0.2, -0.15) is 0 Å². The number of rotatable bonds is 2. The van der Waals surface area contributed by atoms with Gasteiger partial charge in [0.15, 0.2) is 0 Å². The second kappa shape index (κ2) is 6.21. The van der Waals surface area contributed by atoms with Crippen LogP contribution in [0.15, 0.2) is 24.5 Å². The fraction of sp³-hybridized carbons (Fsp3) is 0.412. The zero-order valence-electron chi connectivity index (χ0n) is 13.0. The summed E-state index contributed by atoms with van der Waals surface area (Å²) in [5.74, 6) is 0.216. The van der Waals surface area contributed by atoms with Crippen molar-refractivity contribution in [1.29, 1.82) is 0 Å². The molecule has 2 aliphatic rings. The van der Waals surface area contributed by atoms with Crippen LogP contribution in [0, 0.1) is 5.41 Å². The summed E-state index contributed by atoms with van der Waals surface area (Å²) in [6.45, 7) is 2.44. The van der Waals surface area contributed by atoms with Crippen molar-refractivity contribution in [2.45, 2.75) is 19.3 Å². The maximum Gasteiger partial charge on any atom is 0.226 e. The lowest BCUT2D eigenvalue weighted by Crippen LogP contribution is -2.44. The number of nitrogens with zero attached hydrogens (tertiary/aromatic N) is 2. The third-order valence-electron chi connectivity index (χ3n) is 5.12. The van der Waals surface area contributed by atoms with Crippen LogP contribution in [-0.4, -0.2) is 30.5 Å². The Morgan fingerprint density at radius 3 is 2.58 bits per heavy atom. The Hall–Kier alpha value is -1.30. The Morgan fingerprint density at radius 2 is 1.96 bits per heavy atom. The van der Waals surface area contributed by atoms with Crippen LogP contribution in [0.2, 0.25) is 9.36 Å². The third-order valence-corrected chi connectivity index (χ3v) is 6.66. The zero-order valence-corrected chi connectivity index (χ0v) is 15.3. The number of carbonyl (C=O) groups is 1. The highest BCUT2D eigenvalue weighted by Gasteiger charge is 2.44. The number of carbonyl (C=O) groups excluding carboxylic acids is 1. The molecule has 7 heteroatoms. The Labute approximate surface area is 154 Å². The molecule has 0 saturated carbocycles. The van der Waals surface area contributed by atoms with Crippen LogP contribution in [0.3, 0.4) is 0 Å². The van der Waals surface area contributed by atoms with Gasteiger partial charge in [-0.05, 0) is 31.4 Å². The number of halogens is 2. The molecule has 0 bridgehead atoms. The molecule has 126 valence electrons. The van der Waals surface area contributed by atoms with Crippen LogP contribution in [0.5, 0.6) is 0 Å². The van der Waals surface area contributed by atoms with Gasteiger partial charge in [-0.25, -0.2) is 0 Å². The summed E-state index contributed by atoms with van der Waals surface area (Å²) in [5, 5.41) is 3.62. The van der Waals surface area contributed by atoms with Gasteiger partial charge in [-0.3, -0.25) is 9.78 Å². The Bertz CT molecular complexity index is 784. The van der Waals surface area contributed by atoms with Crippen LogP contribution in [0.25, 0.3) is 10.4 Å². The maximum absolute atomic E-state index is 12.2. The van der Waals surface area contributed by atoms with E-state index in [0.29, 0.717) is 5.02 Å². The number of hydrogen-bond acceptors (Lipinski definition) is 4. The van der Waals surface area contributed by atoms with E-state index in [4.69, 9.17) is 23.2 Å². The maximum atomic E-state index is 12.2. The van der Waals surface area contributed by atoms with Gasteiger partial charge in [-0.1, -0.05) is 23.2 Å². The number of amides is 1. The predicted molar refractivity (Wildman–Crippen MR) is 99.1 cm³/mol. The zero-order chi connectivity index (χ0) is 16.7. The van der Waals surface area contributed by atoms with Gasteiger partial charge in [0.25, 0.3) is 0 Å². The van der Waals surface area contributed by atoms with Crippen LogP contribution in [0.1, 0.15) is 19.3 Å². The van der Waals surface area contributed by atoms with Gasteiger partial charge >= 0.3 is 0 Å². The van der Waals surface area contributed by atoms with E-state index in [9.17, 15) is 4.79 Å². The number of anilines is 1. The number of piperidine rings is 1. The fourth-order valence-corrected chi connectivity index (χ4v) is 5.07. The minimum absolute atomic E-state index is 0.178. The van der Waals surface area contributed by atoms with E-state index in [-0.39, 0.29) is 11.3 Å². The molecule has 0 aliphatic carbocycles. The summed E-state index contributed by atoms with van der Waals surface area (Å²) in [7, 11) is 0. The van der Waals surface area contributed by atoms with Crippen LogP contribution >= 0.6 is 34.5 Å². The van der Waals surface area contributed by atoms with Crippen LogP contribution < -0.4 is 10.2 Å². The summed E-state index contributed by atoms with van der Waals surface area (Å²) in [4.78, 5) is 19.8. The second-order valence-electron chi connectivity index (χ2n) is 6.39. The van der Waals surface area contributed by atoms with Crippen LogP contribution in [-0.2, 0) is 4.79 Å². The predicted octanol–water partition coefficient (Wildman–Crippen LogP) is 4.22. The summed E-state index contributed by atoms with van der Waals surface area (Å²) in [6, 6.07) is 3.89. The average Bonchev–Trinajstić information content (AvgIpc) is 3.16. The van der Waals surface area contributed by atoms with Crippen molar-refractivity contribution >= 4 is 46.1 Å². The standard InChI is InChI=1S/C17H17Cl2N3OS/c18-12-10-20-9-11(13-1-2-14(19)24-13)15(12)22-7-4-17(5-8-22)3-6-21-16(17)23/h1-2,9-10H,3-8H2,(H,21,23). The molecule has 2 saturated heterocycles. The fourth-order valence-electron chi connectivity index (χ4n) is 3.74. The molecular formula is C17H17Cl2N3OS. The SMILES string of the molecule is O=C1NCCC12CCN(c1c(Cl)cncc1-c1ccc(Cl)s1)CC2. The van der Waals surface area contributed by atoms with E-state index < -0.39 is 0 Å². The molecule has 0 aromatic carbocycles. The number of pyridine rings is 1. The van der Waals surface area contributed by atoms with E-state index in [2.05, 4.69) is 15.2 Å². The first-order chi connectivity index (χ1) is 11.6. The van der Waals surface area contributed by atoms with Crippen LogP contribution in [0.4, 0.5) is 5.69 Å². The molecule has 0 atom stereocenters. The first-order valence-electron chi connectivity index (χ1n) is 8.02. The van der Waals surface area contributed by atoms with E-state index >= 15 is 0 Å². The van der Waals surface area contributed by atoms with Gasteiger partial charge in [-0.15, -0.1) is 11.3 Å². The van der Waals surface area contributed by atoms with Crippen molar-refractivity contribution in [3.05, 3.63) is 33.9 Å². The Balaban J connectivity index is 1.64. The summed E-state index contributed by atoms with van der Waals surface area (Å²) in [5.41, 5.74) is 1.83. The first kappa shape index (κ1) is 16.2. The molecule has 2 aromatic heterocycles. The molecule has 4 nitrogen and oxygen atoms in total. The average molecular weight is 382 g/mol. The Morgan fingerprint density at radius 1 is 1.17 bits per heavy atom. The largest absolute Gasteiger partial charge is 0.370 e. The Kier molecular flexibility index (Phi) is 4.19. The van der Waals surface area contributed by atoms with E-state index in [1.165, 1.54) is 11.3 Å². The lowest BCUT2D eigenvalue weighted by molar-refractivity contribution is -0.128. The molecule has 4 heterocycles. The lowest BCUT2D eigenvalue weighted by atomic mass is 9.77. The minimum Gasteiger partial charge on any atom is -0.370 e. The molecule has 2 fully saturated rings. The van der Waals surface area contributed by atoms with Gasteiger partial charge < -0.3 is 10.2 Å². The van der Waals surface area contributed by atoms with Crippen molar-refractivity contribution in [3.8, 4) is 10.4 Å². The number of thiophene rings is 1. The van der Waals surface area contributed by atoms with Gasteiger partial charge in [0.05, 0.1) is 20.5 Å². The van der Waals surface area contributed by atoms with Crippen molar-refractivity contribution in [2.75, 3.05) is 24.5 Å². The molecule has 2 aromatic rings. The number of hydrogen-bond donors (Lipinski definition) is 1. The van der Waals surface area contributed by atoms with Crippen molar-refractivity contribution in [2.24, 2.45) is 5.41 Å². The molecule has 0 unspecified atom stereocenters. The summed E-state index contributed by atoms with van der Waals surface area (Å²) in [6.07, 6.45) is 6.19. The normalized spacial score (nSPS) is 19.8. The van der Waals surface area contributed by atoms with Gasteiger partial charge in [0.1, 0.15) is 0 Å². The molecule has 0 radical (unpaired) electrons. The minimum atomic E-state index is -0.178. The quantitative estimate of drug-likeness (QED) is 0.846. The number of aromatic nitrogens is 1.